The molecule has 16 heavy (non-hydrogen) atoms. The average Bonchev–Trinajstić information content (AvgIpc) is 2.30. The first-order chi connectivity index (χ1) is 7.74. The van der Waals surface area contributed by atoms with Crippen LogP contribution in [0.4, 0.5) is 0 Å². The van der Waals surface area contributed by atoms with Gasteiger partial charge in [-0.25, -0.2) is 0 Å². The van der Waals surface area contributed by atoms with E-state index in [4.69, 9.17) is 4.74 Å². The monoisotopic (exact) mass is 220 g/mol. The maximum Gasteiger partial charge on any atom is 0.0717 e. The van der Waals surface area contributed by atoms with Crippen LogP contribution in [-0.4, -0.2) is 17.8 Å². The van der Waals surface area contributed by atoms with Gasteiger partial charge >= 0.3 is 0 Å². The number of benzene rings is 1. The Balaban J connectivity index is 2.22. The van der Waals surface area contributed by atoms with Crippen LogP contribution in [0, 0.1) is 5.92 Å². The van der Waals surface area contributed by atoms with E-state index in [1.807, 2.05) is 37.3 Å². The molecule has 2 heteroatoms. The highest BCUT2D eigenvalue weighted by molar-refractivity contribution is 5.13. The van der Waals surface area contributed by atoms with Crippen LogP contribution in [-0.2, 0) is 11.3 Å². The third kappa shape index (κ3) is 4.60. The van der Waals surface area contributed by atoms with Gasteiger partial charge in [-0.05, 0) is 12.0 Å². The van der Waals surface area contributed by atoms with Gasteiger partial charge in [0, 0.05) is 5.92 Å². The zero-order valence-electron chi connectivity index (χ0n) is 9.80. The van der Waals surface area contributed by atoms with Crippen LogP contribution >= 0.6 is 0 Å². The summed E-state index contributed by atoms with van der Waals surface area (Å²) in [5.41, 5.74) is 1.16. The smallest absolute Gasteiger partial charge is 0.0717 e. The molecule has 0 saturated carbocycles. The molecule has 0 radical (unpaired) electrons. The van der Waals surface area contributed by atoms with Crippen molar-refractivity contribution in [3.8, 4) is 0 Å². The Hall–Kier alpha value is -1.12. The molecule has 0 aromatic heterocycles. The standard InChI is InChI=1S/C14H20O2/c1-3-7-14(15)12(2)10-16-11-13-8-5-4-6-9-13/h3-6,8-9,12,14-15H,1,7,10-11H2,2H3/t12-,14+/m0/s1. The Morgan fingerprint density at radius 1 is 1.38 bits per heavy atom. The van der Waals surface area contributed by atoms with E-state index in [-0.39, 0.29) is 12.0 Å². The Bertz CT molecular complexity index is 295. The van der Waals surface area contributed by atoms with Crippen molar-refractivity contribution < 1.29 is 9.84 Å². The summed E-state index contributed by atoms with van der Waals surface area (Å²) in [6.07, 6.45) is 2.00. The van der Waals surface area contributed by atoms with Gasteiger partial charge in [-0.3, -0.25) is 0 Å². The van der Waals surface area contributed by atoms with Gasteiger partial charge < -0.3 is 9.84 Å². The zero-order chi connectivity index (χ0) is 11.8. The van der Waals surface area contributed by atoms with E-state index >= 15 is 0 Å². The van der Waals surface area contributed by atoms with Crippen LogP contribution in [0.5, 0.6) is 0 Å². The summed E-state index contributed by atoms with van der Waals surface area (Å²) in [6, 6.07) is 10.0. The molecular formula is C14H20O2. The minimum absolute atomic E-state index is 0.140. The molecule has 0 fully saturated rings. The highest BCUT2D eigenvalue weighted by atomic mass is 16.5. The number of ether oxygens (including phenoxy) is 1. The molecule has 88 valence electrons. The summed E-state index contributed by atoms with van der Waals surface area (Å²) >= 11 is 0. The number of aliphatic hydroxyl groups is 1. The quantitative estimate of drug-likeness (QED) is 0.716. The summed E-state index contributed by atoms with van der Waals surface area (Å²) in [5, 5.41) is 9.66. The summed E-state index contributed by atoms with van der Waals surface area (Å²) < 4.78 is 5.55. The second kappa shape index (κ2) is 7.20. The van der Waals surface area contributed by atoms with Crippen molar-refractivity contribution >= 4 is 0 Å². The van der Waals surface area contributed by atoms with E-state index in [1.54, 1.807) is 6.08 Å². The Labute approximate surface area is 97.6 Å². The fourth-order valence-electron chi connectivity index (χ4n) is 1.45. The highest BCUT2D eigenvalue weighted by Gasteiger charge is 2.12. The average molecular weight is 220 g/mol. The van der Waals surface area contributed by atoms with Gasteiger partial charge in [0.25, 0.3) is 0 Å². The normalized spacial score (nSPS) is 14.4. The SMILES string of the molecule is C=CC[C@@H](O)[C@@H](C)COCc1ccccc1. The van der Waals surface area contributed by atoms with E-state index in [9.17, 15) is 5.11 Å². The molecule has 0 unspecified atom stereocenters. The summed E-state index contributed by atoms with van der Waals surface area (Å²) in [7, 11) is 0. The van der Waals surface area contributed by atoms with Gasteiger partial charge in [0.15, 0.2) is 0 Å². The molecule has 1 aromatic carbocycles. The number of aliphatic hydroxyl groups excluding tert-OH is 1. The fourth-order valence-corrected chi connectivity index (χ4v) is 1.45. The third-order valence-corrected chi connectivity index (χ3v) is 2.56. The molecule has 0 amide bonds. The molecule has 1 aromatic rings. The van der Waals surface area contributed by atoms with E-state index in [0.717, 1.165) is 5.56 Å². The largest absolute Gasteiger partial charge is 0.392 e. The molecule has 1 N–H and O–H groups in total. The second-order valence-corrected chi connectivity index (χ2v) is 4.07. The zero-order valence-corrected chi connectivity index (χ0v) is 9.80. The van der Waals surface area contributed by atoms with E-state index in [2.05, 4.69) is 6.58 Å². The summed E-state index contributed by atoms with van der Waals surface area (Å²) in [6.45, 7) is 6.77. The van der Waals surface area contributed by atoms with Gasteiger partial charge in [-0.15, -0.1) is 6.58 Å². The predicted molar refractivity (Wildman–Crippen MR) is 66.1 cm³/mol. The van der Waals surface area contributed by atoms with Crippen LogP contribution in [0.1, 0.15) is 18.9 Å². The van der Waals surface area contributed by atoms with Gasteiger partial charge in [-0.2, -0.15) is 0 Å². The molecule has 0 saturated heterocycles. The molecule has 2 nitrogen and oxygen atoms in total. The first-order valence-corrected chi connectivity index (χ1v) is 5.64. The van der Waals surface area contributed by atoms with Crippen LogP contribution in [0.25, 0.3) is 0 Å². The van der Waals surface area contributed by atoms with Crippen molar-refractivity contribution in [1.29, 1.82) is 0 Å². The van der Waals surface area contributed by atoms with Crippen LogP contribution in [0.2, 0.25) is 0 Å². The third-order valence-electron chi connectivity index (χ3n) is 2.56. The molecule has 1 rings (SSSR count). The fraction of sp³-hybridized carbons (Fsp3) is 0.429. The molecule has 0 aliphatic heterocycles. The van der Waals surface area contributed by atoms with E-state index < -0.39 is 0 Å². The van der Waals surface area contributed by atoms with Crippen molar-refractivity contribution in [2.45, 2.75) is 26.1 Å². The van der Waals surface area contributed by atoms with Crippen LogP contribution in [0.3, 0.4) is 0 Å². The minimum Gasteiger partial charge on any atom is -0.392 e. The lowest BCUT2D eigenvalue weighted by Crippen LogP contribution is -2.21. The maximum absolute atomic E-state index is 9.66. The highest BCUT2D eigenvalue weighted by Crippen LogP contribution is 2.09. The molecular weight excluding hydrogens is 200 g/mol. The number of hydrogen-bond acceptors (Lipinski definition) is 2. The summed E-state index contributed by atoms with van der Waals surface area (Å²) in [5.74, 6) is 0.140. The lowest BCUT2D eigenvalue weighted by atomic mass is 10.0. The maximum atomic E-state index is 9.66. The van der Waals surface area contributed by atoms with Gasteiger partial charge in [0.2, 0.25) is 0 Å². The molecule has 2 atom stereocenters. The van der Waals surface area contributed by atoms with Crippen molar-refractivity contribution in [3.63, 3.8) is 0 Å². The lowest BCUT2D eigenvalue weighted by Gasteiger charge is -2.17. The second-order valence-electron chi connectivity index (χ2n) is 4.07. The van der Waals surface area contributed by atoms with Gasteiger partial charge in [-0.1, -0.05) is 43.3 Å². The van der Waals surface area contributed by atoms with E-state index in [0.29, 0.717) is 19.6 Å². The number of rotatable bonds is 7. The molecule has 0 aliphatic carbocycles. The number of hydrogen-bond donors (Lipinski definition) is 1. The first-order valence-electron chi connectivity index (χ1n) is 5.64. The lowest BCUT2D eigenvalue weighted by molar-refractivity contribution is 0.0303. The van der Waals surface area contributed by atoms with Crippen molar-refractivity contribution in [2.75, 3.05) is 6.61 Å². The Kier molecular flexibility index (Phi) is 5.83. The Morgan fingerprint density at radius 3 is 2.69 bits per heavy atom. The van der Waals surface area contributed by atoms with E-state index in [1.165, 1.54) is 0 Å². The topological polar surface area (TPSA) is 29.5 Å². The predicted octanol–water partition coefficient (Wildman–Crippen LogP) is 2.78. The molecule has 0 spiro atoms. The molecule has 0 bridgehead atoms. The van der Waals surface area contributed by atoms with Crippen LogP contribution < -0.4 is 0 Å². The van der Waals surface area contributed by atoms with Crippen molar-refractivity contribution in [2.24, 2.45) is 5.92 Å². The van der Waals surface area contributed by atoms with Gasteiger partial charge in [0.1, 0.15) is 0 Å². The summed E-state index contributed by atoms with van der Waals surface area (Å²) in [4.78, 5) is 0. The molecule has 0 heterocycles. The Morgan fingerprint density at radius 2 is 2.06 bits per heavy atom. The van der Waals surface area contributed by atoms with Gasteiger partial charge in [0.05, 0.1) is 19.3 Å². The molecule has 0 aliphatic rings. The first kappa shape index (κ1) is 12.9. The minimum atomic E-state index is -0.353. The van der Waals surface area contributed by atoms with Crippen LogP contribution in [0.15, 0.2) is 43.0 Å². The van der Waals surface area contributed by atoms with Crippen molar-refractivity contribution in [3.05, 3.63) is 48.6 Å². The van der Waals surface area contributed by atoms with Crippen molar-refractivity contribution in [1.82, 2.24) is 0 Å².